The highest BCUT2D eigenvalue weighted by Gasteiger charge is 2.17. The molecular formula is C16H22N2O2S. The van der Waals surface area contributed by atoms with Gasteiger partial charge in [-0.05, 0) is 55.2 Å². The van der Waals surface area contributed by atoms with Crippen LogP contribution in [0.3, 0.4) is 0 Å². The number of nitrogens with one attached hydrogen (secondary N) is 1. The lowest BCUT2D eigenvalue weighted by molar-refractivity contribution is 0.0974. The maximum atomic E-state index is 12.1. The van der Waals surface area contributed by atoms with Gasteiger partial charge in [-0.25, -0.2) is 0 Å². The van der Waals surface area contributed by atoms with Crippen molar-refractivity contribution in [2.24, 2.45) is 5.92 Å². The highest BCUT2D eigenvalue weighted by atomic mass is 32.1. The van der Waals surface area contributed by atoms with Crippen molar-refractivity contribution in [3.63, 3.8) is 0 Å². The summed E-state index contributed by atoms with van der Waals surface area (Å²) in [5.41, 5.74) is 0.591. The Morgan fingerprint density at radius 2 is 1.90 bits per heavy atom. The number of nitrogens with zero attached hydrogens (tertiary/aromatic N) is 1. The Bertz CT molecular complexity index is 494. The van der Waals surface area contributed by atoms with Crippen molar-refractivity contribution in [3.8, 4) is 5.75 Å². The third-order valence-electron chi connectivity index (χ3n) is 3.31. The number of carbonyl (C=O) groups excluding carboxylic acids is 1. The van der Waals surface area contributed by atoms with E-state index in [2.05, 4.69) is 19.2 Å². The molecule has 1 aliphatic rings. The van der Waals surface area contributed by atoms with Gasteiger partial charge in [0.2, 0.25) is 0 Å². The first-order chi connectivity index (χ1) is 10.1. The molecule has 4 nitrogen and oxygen atoms in total. The average molecular weight is 306 g/mol. The number of thiocarbonyl (C=S) groups is 1. The second kappa shape index (κ2) is 7.41. The molecule has 21 heavy (non-hydrogen) atoms. The normalized spacial score (nSPS) is 14.3. The van der Waals surface area contributed by atoms with Crippen LogP contribution in [0, 0.1) is 5.92 Å². The number of rotatable bonds is 4. The van der Waals surface area contributed by atoms with Gasteiger partial charge < -0.3 is 9.64 Å². The Labute approximate surface area is 131 Å². The molecule has 1 aliphatic heterocycles. The number of hydrogen-bond acceptors (Lipinski definition) is 3. The lowest BCUT2D eigenvalue weighted by Crippen LogP contribution is -2.41. The van der Waals surface area contributed by atoms with Crippen LogP contribution < -0.4 is 10.1 Å². The number of amides is 1. The fourth-order valence-electron chi connectivity index (χ4n) is 2.13. The molecule has 0 aromatic heterocycles. The maximum Gasteiger partial charge on any atom is 0.257 e. The monoisotopic (exact) mass is 306 g/mol. The largest absolute Gasteiger partial charge is 0.493 e. The summed E-state index contributed by atoms with van der Waals surface area (Å²) in [6, 6.07) is 7.15. The number of likely N-dealkylation sites (tertiary alicyclic amines) is 1. The molecule has 1 amide bonds. The second-order valence-corrected chi connectivity index (χ2v) is 6.07. The van der Waals surface area contributed by atoms with E-state index in [1.165, 1.54) is 0 Å². The van der Waals surface area contributed by atoms with E-state index in [4.69, 9.17) is 17.0 Å². The Balaban J connectivity index is 1.88. The van der Waals surface area contributed by atoms with E-state index in [9.17, 15) is 4.79 Å². The topological polar surface area (TPSA) is 41.6 Å². The Kier molecular flexibility index (Phi) is 5.56. The minimum absolute atomic E-state index is 0.165. The smallest absolute Gasteiger partial charge is 0.257 e. The van der Waals surface area contributed by atoms with Crippen LogP contribution in [0.1, 0.15) is 37.0 Å². The van der Waals surface area contributed by atoms with E-state index in [1.807, 2.05) is 17.0 Å². The molecule has 0 radical (unpaired) electrons. The molecule has 1 fully saturated rings. The SMILES string of the molecule is CC(C)COc1ccc(C(=O)NC(=S)N2CCCC2)cc1. The molecular weight excluding hydrogens is 284 g/mol. The Morgan fingerprint density at radius 3 is 2.48 bits per heavy atom. The lowest BCUT2D eigenvalue weighted by Gasteiger charge is -2.18. The van der Waals surface area contributed by atoms with Gasteiger partial charge in [0.25, 0.3) is 5.91 Å². The summed E-state index contributed by atoms with van der Waals surface area (Å²) in [6.07, 6.45) is 2.27. The molecule has 0 bridgehead atoms. The summed E-state index contributed by atoms with van der Waals surface area (Å²) in [5, 5.41) is 3.31. The molecule has 1 saturated heterocycles. The van der Waals surface area contributed by atoms with Crippen LogP contribution in [-0.4, -0.2) is 35.6 Å². The highest BCUT2D eigenvalue weighted by Crippen LogP contribution is 2.14. The third kappa shape index (κ3) is 4.70. The first-order valence-corrected chi connectivity index (χ1v) is 7.80. The summed E-state index contributed by atoms with van der Waals surface area (Å²) in [6.45, 7) is 6.73. The summed E-state index contributed by atoms with van der Waals surface area (Å²) < 4.78 is 5.60. The first kappa shape index (κ1) is 15.8. The van der Waals surface area contributed by atoms with Crippen LogP contribution >= 0.6 is 12.2 Å². The quantitative estimate of drug-likeness (QED) is 0.869. The summed E-state index contributed by atoms with van der Waals surface area (Å²) in [5.74, 6) is 1.09. The summed E-state index contributed by atoms with van der Waals surface area (Å²) in [7, 11) is 0. The average Bonchev–Trinajstić information content (AvgIpc) is 3.00. The minimum Gasteiger partial charge on any atom is -0.493 e. The zero-order chi connectivity index (χ0) is 15.2. The van der Waals surface area contributed by atoms with Crippen molar-refractivity contribution in [2.45, 2.75) is 26.7 Å². The maximum absolute atomic E-state index is 12.1. The Hall–Kier alpha value is -1.62. The van der Waals surface area contributed by atoms with Gasteiger partial charge in [0.1, 0.15) is 5.75 Å². The molecule has 0 aliphatic carbocycles. The van der Waals surface area contributed by atoms with E-state index in [-0.39, 0.29) is 5.91 Å². The van der Waals surface area contributed by atoms with Crippen LogP contribution in [0.2, 0.25) is 0 Å². The van der Waals surface area contributed by atoms with Gasteiger partial charge in [0.15, 0.2) is 5.11 Å². The van der Waals surface area contributed by atoms with Crippen LogP contribution in [-0.2, 0) is 0 Å². The van der Waals surface area contributed by atoms with Crippen molar-refractivity contribution in [3.05, 3.63) is 29.8 Å². The Morgan fingerprint density at radius 1 is 1.29 bits per heavy atom. The molecule has 0 atom stereocenters. The lowest BCUT2D eigenvalue weighted by atomic mass is 10.2. The molecule has 2 rings (SSSR count). The standard InChI is InChI=1S/C16H22N2O2S/c1-12(2)11-20-14-7-5-13(6-8-14)15(19)17-16(21)18-9-3-4-10-18/h5-8,12H,3-4,9-11H2,1-2H3,(H,17,19,21). The number of carbonyl (C=O) groups is 1. The van der Waals surface area contributed by atoms with Crippen LogP contribution in [0.4, 0.5) is 0 Å². The third-order valence-corrected chi connectivity index (χ3v) is 3.67. The second-order valence-electron chi connectivity index (χ2n) is 5.68. The summed E-state index contributed by atoms with van der Waals surface area (Å²) >= 11 is 5.26. The van der Waals surface area contributed by atoms with E-state index in [1.54, 1.807) is 12.1 Å². The fourth-order valence-corrected chi connectivity index (χ4v) is 2.41. The van der Waals surface area contributed by atoms with Gasteiger partial charge in [-0.3, -0.25) is 10.1 Å². The van der Waals surface area contributed by atoms with Gasteiger partial charge in [-0.15, -0.1) is 0 Å². The molecule has 114 valence electrons. The van der Waals surface area contributed by atoms with E-state index < -0.39 is 0 Å². The molecule has 1 aromatic carbocycles. The van der Waals surface area contributed by atoms with Crippen LogP contribution in [0.25, 0.3) is 0 Å². The molecule has 0 saturated carbocycles. The molecule has 0 spiro atoms. The van der Waals surface area contributed by atoms with Crippen molar-refractivity contribution in [2.75, 3.05) is 19.7 Å². The van der Waals surface area contributed by atoms with Crippen molar-refractivity contribution < 1.29 is 9.53 Å². The van der Waals surface area contributed by atoms with Gasteiger partial charge >= 0.3 is 0 Å². The predicted octanol–water partition coefficient (Wildman–Crippen LogP) is 2.83. The van der Waals surface area contributed by atoms with Gasteiger partial charge in [-0.1, -0.05) is 13.8 Å². The minimum atomic E-state index is -0.165. The highest BCUT2D eigenvalue weighted by molar-refractivity contribution is 7.80. The van der Waals surface area contributed by atoms with Crippen LogP contribution in [0.15, 0.2) is 24.3 Å². The molecule has 1 heterocycles. The van der Waals surface area contributed by atoms with E-state index in [0.29, 0.717) is 23.2 Å². The number of hydrogen-bond donors (Lipinski definition) is 1. The van der Waals surface area contributed by atoms with Crippen LogP contribution in [0.5, 0.6) is 5.75 Å². The van der Waals surface area contributed by atoms with Crippen molar-refractivity contribution in [1.29, 1.82) is 0 Å². The van der Waals surface area contributed by atoms with E-state index in [0.717, 1.165) is 31.7 Å². The fraction of sp³-hybridized carbons (Fsp3) is 0.500. The molecule has 0 unspecified atom stereocenters. The van der Waals surface area contributed by atoms with Gasteiger partial charge in [0, 0.05) is 18.7 Å². The molecule has 5 heteroatoms. The molecule has 1 aromatic rings. The number of benzene rings is 1. The first-order valence-electron chi connectivity index (χ1n) is 7.39. The molecule has 1 N–H and O–H groups in total. The van der Waals surface area contributed by atoms with Crippen molar-refractivity contribution in [1.82, 2.24) is 10.2 Å². The van der Waals surface area contributed by atoms with E-state index >= 15 is 0 Å². The van der Waals surface area contributed by atoms with Crippen molar-refractivity contribution >= 4 is 23.2 Å². The predicted molar refractivity (Wildman–Crippen MR) is 87.6 cm³/mol. The zero-order valence-electron chi connectivity index (χ0n) is 12.6. The van der Waals surface area contributed by atoms with Gasteiger partial charge in [0.05, 0.1) is 6.61 Å². The summed E-state index contributed by atoms with van der Waals surface area (Å²) in [4.78, 5) is 14.2. The number of ether oxygens (including phenoxy) is 1. The van der Waals surface area contributed by atoms with Gasteiger partial charge in [-0.2, -0.15) is 0 Å². The zero-order valence-corrected chi connectivity index (χ0v) is 13.4.